The fourth-order valence-corrected chi connectivity index (χ4v) is 1.71. The number of nitrogens with one attached hydrogen (secondary N) is 1. The molecule has 4 heteroatoms. The summed E-state index contributed by atoms with van der Waals surface area (Å²) in [4.78, 5) is 11.0. The van der Waals surface area contributed by atoms with Gasteiger partial charge in [0.25, 0.3) is 0 Å². The summed E-state index contributed by atoms with van der Waals surface area (Å²) in [5.74, 6) is 1.15. The van der Waals surface area contributed by atoms with Crippen LogP contribution in [0, 0.1) is 0 Å². The Bertz CT molecular complexity index is 154. The Morgan fingerprint density at radius 2 is 2.07 bits per heavy atom. The van der Waals surface area contributed by atoms with Crippen molar-refractivity contribution in [3.8, 4) is 0 Å². The first-order valence-corrected chi connectivity index (χ1v) is 7.06. The van der Waals surface area contributed by atoms with E-state index in [1.807, 2.05) is 18.7 Å². The number of ether oxygens (including phenoxy) is 1. The molecule has 0 saturated heterocycles. The Morgan fingerprint density at radius 3 is 2.73 bits per heavy atom. The van der Waals surface area contributed by atoms with Crippen LogP contribution in [0.3, 0.4) is 0 Å². The van der Waals surface area contributed by atoms with Crippen molar-refractivity contribution in [2.24, 2.45) is 0 Å². The van der Waals surface area contributed by atoms with E-state index in [9.17, 15) is 4.79 Å². The van der Waals surface area contributed by atoms with Crippen LogP contribution in [0.1, 0.15) is 32.6 Å². The van der Waals surface area contributed by atoms with Crippen LogP contribution in [0.15, 0.2) is 0 Å². The fourth-order valence-electron chi connectivity index (χ4n) is 1.22. The minimum absolute atomic E-state index is 0.104. The molecular formula is C11H23NO2S. The van der Waals surface area contributed by atoms with Gasteiger partial charge in [0.15, 0.2) is 0 Å². The standard InChI is InChI=1S/C11H23NO2S/c1-3-14-11(13)7-9-12-8-5-4-6-10-15-2/h12H,3-10H2,1-2H3. The molecule has 0 unspecified atom stereocenters. The van der Waals surface area contributed by atoms with E-state index in [1.165, 1.54) is 25.0 Å². The average Bonchev–Trinajstić information content (AvgIpc) is 2.22. The lowest BCUT2D eigenvalue weighted by Gasteiger charge is -2.04. The van der Waals surface area contributed by atoms with Crippen LogP contribution >= 0.6 is 11.8 Å². The Kier molecular flexibility index (Phi) is 11.7. The average molecular weight is 233 g/mol. The van der Waals surface area contributed by atoms with Crippen LogP contribution in [-0.4, -0.2) is 37.7 Å². The van der Waals surface area contributed by atoms with Gasteiger partial charge in [-0.1, -0.05) is 6.42 Å². The molecule has 1 N–H and O–H groups in total. The maximum Gasteiger partial charge on any atom is 0.307 e. The molecule has 0 bridgehead atoms. The van der Waals surface area contributed by atoms with Crippen molar-refractivity contribution in [3.05, 3.63) is 0 Å². The highest BCUT2D eigenvalue weighted by molar-refractivity contribution is 7.98. The zero-order valence-electron chi connectivity index (χ0n) is 9.88. The Morgan fingerprint density at radius 1 is 1.27 bits per heavy atom. The molecule has 0 aromatic rings. The van der Waals surface area contributed by atoms with Crippen molar-refractivity contribution in [2.45, 2.75) is 32.6 Å². The molecule has 0 amide bonds. The molecule has 0 aliphatic carbocycles. The molecule has 0 rings (SSSR count). The summed E-state index contributed by atoms with van der Waals surface area (Å²) < 4.78 is 4.82. The summed E-state index contributed by atoms with van der Waals surface area (Å²) >= 11 is 1.90. The molecule has 0 aliphatic rings. The summed E-state index contributed by atoms with van der Waals surface area (Å²) in [6, 6.07) is 0. The number of esters is 1. The second-order valence-electron chi connectivity index (χ2n) is 3.36. The second kappa shape index (κ2) is 11.9. The SMILES string of the molecule is CCOC(=O)CCNCCCCCSC. The molecule has 0 spiro atoms. The lowest BCUT2D eigenvalue weighted by Crippen LogP contribution is -2.20. The lowest BCUT2D eigenvalue weighted by atomic mass is 10.2. The first-order valence-electron chi connectivity index (χ1n) is 5.66. The third-order valence-electron chi connectivity index (χ3n) is 2.01. The molecule has 0 heterocycles. The van der Waals surface area contributed by atoms with E-state index >= 15 is 0 Å². The molecule has 90 valence electrons. The number of carbonyl (C=O) groups is 1. The van der Waals surface area contributed by atoms with Crippen LogP contribution in [0.4, 0.5) is 0 Å². The maximum absolute atomic E-state index is 11.0. The van der Waals surface area contributed by atoms with E-state index in [2.05, 4.69) is 11.6 Å². The summed E-state index contributed by atoms with van der Waals surface area (Å²) in [5, 5.41) is 3.24. The lowest BCUT2D eigenvalue weighted by molar-refractivity contribution is -0.142. The highest BCUT2D eigenvalue weighted by Crippen LogP contribution is 2.01. The minimum Gasteiger partial charge on any atom is -0.466 e. The van der Waals surface area contributed by atoms with Gasteiger partial charge in [0.2, 0.25) is 0 Å². The first-order chi connectivity index (χ1) is 7.31. The van der Waals surface area contributed by atoms with E-state index in [0.29, 0.717) is 13.0 Å². The molecular weight excluding hydrogens is 210 g/mol. The molecule has 3 nitrogen and oxygen atoms in total. The Hall–Kier alpha value is -0.220. The predicted molar refractivity (Wildman–Crippen MR) is 66.4 cm³/mol. The van der Waals surface area contributed by atoms with Gasteiger partial charge in [-0.25, -0.2) is 0 Å². The molecule has 0 saturated carbocycles. The zero-order valence-corrected chi connectivity index (χ0v) is 10.7. The van der Waals surface area contributed by atoms with Gasteiger partial charge in [-0.05, 0) is 38.3 Å². The number of carbonyl (C=O) groups excluding carboxylic acids is 1. The number of thioether (sulfide) groups is 1. The summed E-state index contributed by atoms with van der Waals surface area (Å²) in [5.41, 5.74) is 0. The fraction of sp³-hybridized carbons (Fsp3) is 0.909. The smallest absolute Gasteiger partial charge is 0.307 e. The van der Waals surface area contributed by atoms with Crippen LogP contribution in [0.2, 0.25) is 0 Å². The highest BCUT2D eigenvalue weighted by atomic mass is 32.2. The van der Waals surface area contributed by atoms with Crippen molar-refractivity contribution in [1.29, 1.82) is 0 Å². The molecule has 0 aliphatic heterocycles. The largest absolute Gasteiger partial charge is 0.466 e. The van der Waals surface area contributed by atoms with Crippen molar-refractivity contribution < 1.29 is 9.53 Å². The number of unbranched alkanes of at least 4 members (excludes halogenated alkanes) is 2. The minimum atomic E-state index is -0.104. The van der Waals surface area contributed by atoms with Crippen LogP contribution < -0.4 is 5.32 Å². The zero-order chi connectivity index (χ0) is 11.4. The van der Waals surface area contributed by atoms with Crippen molar-refractivity contribution in [3.63, 3.8) is 0 Å². The van der Waals surface area contributed by atoms with E-state index in [-0.39, 0.29) is 5.97 Å². The molecule has 0 aromatic heterocycles. The predicted octanol–water partition coefficient (Wildman–Crippen LogP) is 2.06. The molecule has 0 fully saturated rings. The van der Waals surface area contributed by atoms with E-state index in [0.717, 1.165) is 13.1 Å². The van der Waals surface area contributed by atoms with Gasteiger partial charge in [-0.3, -0.25) is 4.79 Å². The van der Waals surface area contributed by atoms with Gasteiger partial charge in [-0.15, -0.1) is 0 Å². The molecule has 0 radical (unpaired) electrons. The van der Waals surface area contributed by atoms with Gasteiger partial charge in [0, 0.05) is 6.54 Å². The molecule has 0 atom stereocenters. The Balaban J connectivity index is 3.01. The van der Waals surface area contributed by atoms with Gasteiger partial charge >= 0.3 is 5.97 Å². The van der Waals surface area contributed by atoms with Gasteiger partial charge in [0.1, 0.15) is 0 Å². The van der Waals surface area contributed by atoms with Crippen molar-refractivity contribution in [1.82, 2.24) is 5.32 Å². The van der Waals surface area contributed by atoms with Crippen molar-refractivity contribution >= 4 is 17.7 Å². The highest BCUT2D eigenvalue weighted by Gasteiger charge is 1.99. The number of hydrogen-bond donors (Lipinski definition) is 1. The van der Waals surface area contributed by atoms with Crippen LogP contribution in [-0.2, 0) is 9.53 Å². The number of hydrogen-bond acceptors (Lipinski definition) is 4. The topological polar surface area (TPSA) is 38.3 Å². The first kappa shape index (κ1) is 14.8. The third-order valence-corrected chi connectivity index (χ3v) is 2.71. The quantitative estimate of drug-likeness (QED) is 0.463. The Labute approximate surface area is 97.3 Å². The van der Waals surface area contributed by atoms with Gasteiger partial charge < -0.3 is 10.1 Å². The monoisotopic (exact) mass is 233 g/mol. The van der Waals surface area contributed by atoms with Crippen LogP contribution in [0.5, 0.6) is 0 Å². The van der Waals surface area contributed by atoms with Crippen LogP contribution in [0.25, 0.3) is 0 Å². The molecule has 0 aromatic carbocycles. The maximum atomic E-state index is 11.0. The van der Waals surface area contributed by atoms with Gasteiger partial charge in [-0.2, -0.15) is 11.8 Å². The summed E-state index contributed by atoms with van der Waals surface area (Å²) in [6.45, 7) is 4.06. The number of rotatable bonds is 10. The second-order valence-corrected chi connectivity index (χ2v) is 4.34. The van der Waals surface area contributed by atoms with E-state index in [1.54, 1.807) is 0 Å². The summed E-state index contributed by atoms with van der Waals surface area (Å²) in [7, 11) is 0. The van der Waals surface area contributed by atoms with Gasteiger partial charge in [0.05, 0.1) is 13.0 Å². The van der Waals surface area contributed by atoms with E-state index in [4.69, 9.17) is 4.74 Å². The van der Waals surface area contributed by atoms with Crippen molar-refractivity contribution in [2.75, 3.05) is 31.7 Å². The summed E-state index contributed by atoms with van der Waals surface area (Å²) in [6.07, 6.45) is 6.38. The molecule has 15 heavy (non-hydrogen) atoms. The van der Waals surface area contributed by atoms with E-state index < -0.39 is 0 Å². The third kappa shape index (κ3) is 11.7. The normalized spacial score (nSPS) is 10.3.